The summed E-state index contributed by atoms with van der Waals surface area (Å²) in [6.45, 7) is 5.34. The molecular weight excluding hydrogens is 232 g/mol. The smallest absolute Gasteiger partial charge is 0.133 e. The van der Waals surface area contributed by atoms with Crippen molar-refractivity contribution in [2.45, 2.75) is 30.8 Å². The Bertz CT molecular complexity index is 358. The third-order valence-electron chi connectivity index (χ3n) is 3.14. The monoisotopic (exact) mass is 252 g/mol. The Labute approximate surface area is 107 Å². The predicted octanol–water partition coefficient (Wildman–Crippen LogP) is 1.78. The van der Waals surface area contributed by atoms with E-state index < -0.39 is 0 Å². The number of nitrogens with one attached hydrogen (secondary N) is 1. The van der Waals surface area contributed by atoms with Gasteiger partial charge in [0.2, 0.25) is 0 Å². The van der Waals surface area contributed by atoms with E-state index in [0.29, 0.717) is 6.04 Å². The van der Waals surface area contributed by atoms with Crippen LogP contribution in [-0.4, -0.2) is 41.9 Å². The molecule has 1 N–H and O–H groups in total. The van der Waals surface area contributed by atoms with Crippen LogP contribution in [0.4, 0.5) is 5.82 Å². The lowest BCUT2D eigenvalue weighted by atomic mass is 10.2. The van der Waals surface area contributed by atoms with Gasteiger partial charge in [-0.1, -0.05) is 6.92 Å². The second-order valence-electron chi connectivity index (χ2n) is 4.22. The van der Waals surface area contributed by atoms with Gasteiger partial charge in [0.1, 0.15) is 17.2 Å². The highest BCUT2D eigenvalue weighted by atomic mass is 32.2. The van der Waals surface area contributed by atoms with Crippen LogP contribution in [0.5, 0.6) is 0 Å². The molecule has 1 aliphatic heterocycles. The molecule has 0 radical (unpaired) electrons. The Hall–Kier alpha value is -0.810. The molecular formula is C12H20N4S. The van der Waals surface area contributed by atoms with Crippen molar-refractivity contribution < 1.29 is 0 Å². The molecule has 1 fully saturated rings. The van der Waals surface area contributed by atoms with E-state index in [1.165, 1.54) is 12.8 Å². The third-order valence-corrected chi connectivity index (χ3v) is 3.78. The quantitative estimate of drug-likeness (QED) is 0.639. The molecule has 1 aromatic heterocycles. The van der Waals surface area contributed by atoms with Gasteiger partial charge in [-0.25, -0.2) is 9.97 Å². The molecule has 94 valence electrons. The lowest BCUT2D eigenvalue weighted by Gasteiger charge is -2.25. The fraction of sp³-hybridized carbons (Fsp3) is 0.667. The van der Waals surface area contributed by atoms with Crippen molar-refractivity contribution in [1.29, 1.82) is 0 Å². The van der Waals surface area contributed by atoms with Gasteiger partial charge in [0.05, 0.1) is 0 Å². The summed E-state index contributed by atoms with van der Waals surface area (Å²) in [6, 6.07) is 2.68. The number of hydrogen-bond acceptors (Lipinski definition) is 5. The van der Waals surface area contributed by atoms with Gasteiger partial charge in [-0.2, -0.15) is 0 Å². The molecule has 2 heterocycles. The fourth-order valence-electron chi connectivity index (χ4n) is 2.26. The molecule has 0 bridgehead atoms. The van der Waals surface area contributed by atoms with E-state index in [2.05, 4.69) is 33.2 Å². The molecule has 0 aromatic carbocycles. The highest BCUT2D eigenvalue weighted by Gasteiger charge is 2.25. The molecule has 1 aliphatic rings. The maximum Gasteiger partial charge on any atom is 0.133 e. The van der Waals surface area contributed by atoms with Crippen LogP contribution in [0.15, 0.2) is 17.4 Å². The summed E-state index contributed by atoms with van der Waals surface area (Å²) in [7, 11) is 0. The average Bonchev–Trinajstić information content (AvgIpc) is 2.84. The first kappa shape index (κ1) is 12.6. The largest absolute Gasteiger partial charge is 0.352 e. The van der Waals surface area contributed by atoms with E-state index in [1.54, 1.807) is 18.1 Å². The van der Waals surface area contributed by atoms with Gasteiger partial charge in [0.25, 0.3) is 0 Å². The lowest BCUT2D eigenvalue weighted by Crippen LogP contribution is -2.38. The van der Waals surface area contributed by atoms with Gasteiger partial charge >= 0.3 is 0 Å². The van der Waals surface area contributed by atoms with Gasteiger partial charge in [-0.05, 0) is 25.6 Å². The van der Waals surface area contributed by atoms with Crippen molar-refractivity contribution in [3.05, 3.63) is 12.4 Å². The Morgan fingerprint density at radius 3 is 3.18 bits per heavy atom. The number of hydrogen-bond donors (Lipinski definition) is 1. The molecule has 17 heavy (non-hydrogen) atoms. The maximum absolute atomic E-state index is 4.40. The number of thioether (sulfide) groups is 1. The fourth-order valence-corrected chi connectivity index (χ4v) is 2.63. The highest BCUT2D eigenvalue weighted by molar-refractivity contribution is 7.98. The Kier molecular flexibility index (Phi) is 4.62. The van der Waals surface area contributed by atoms with Crippen LogP contribution in [0.25, 0.3) is 0 Å². The van der Waals surface area contributed by atoms with Gasteiger partial charge in [-0.3, -0.25) is 0 Å². The summed E-state index contributed by atoms with van der Waals surface area (Å²) in [4.78, 5) is 11.0. The molecule has 1 atom stereocenters. The SMILES string of the molecule is CCNCC1CCCN1c1cc(SC)ncn1. The molecule has 1 saturated heterocycles. The minimum atomic E-state index is 0.583. The van der Waals surface area contributed by atoms with E-state index in [4.69, 9.17) is 0 Å². The van der Waals surface area contributed by atoms with E-state index in [1.807, 2.05) is 6.26 Å². The third kappa shape index (κ3) is 3.10. The summed E-state index contributed by atoms with van der Waals surface area (Å²) in [6.07, 6.45) is 6.23. The molecule has 0 saturated carbocycles. The topological polar surface area (TPSA) is 41.0 Å². The zero-order valence-corrected chi connectivity index (χ0v) is 11.3. The van der Waals surface area contributed by atoms with Crippen molar-refractivity contribution >= 4 is 17.6 Å². The van der Waals surface area contributed by atoms with Crippen molar-refractivity contribution in [3.8, 4) is 0 Å². The highest BCUT2D eigenvalue weighted by Crippen LogP contribution is 2.25. The number of rotatable bonds is 5. The minimum Gasteiger partial charge on any atom is -0.352 e. The van der Waals surface area contributed by atoms with Crippen molar-refractivity contribution in [2.75, 3.05) is 30.8 Å². The number of aromatic nitrogens is 2. The first-order valence-electron chi connectivity index (χ1n) is 6.18. The minimum absolute atomic E-state index is 0.583. The summed E-state index contributed by atoms with van der Waals surface area (Å²) < 4.78 is 0. The van der Waals surface area contributed by atoms with Gasteiger partial charge in [-0.15, -0.1) is 11.8 Å². The lowest BCUT2D eigenvalue weighted by molar-refractivity contribution is 0.584. The Balaban J connectivity index is 2.08. The predicted molar refractivity (Wildman–Crippen MR) is 72.7 cm³/mol. The standard InChI is InChI=1S/C12H20N4S/c1-3-13-8-10-5-4-6-16(10)11-7-12(17-2)15-9-14-11/h7,9-10,13H,3-6,8H2,1-2H3. The molecule has 2 rings (SSSR count). The first-order valence-corrected chi connectivity index (χ1v) is 7.41. The molecule has 1 aromatic rings. The van der Waals surface area contributed by atoms with Crippen LogP contribution in [0.2, 0.25) is 0 Å². The number of nitrogens with zero attached hydrogens (tertiary/aromatic N) is 3. The van der Waals surface area contributed by atoms with Crippen LogP contribution in [0.1, 0.15) is 19.8 Å². The molecule has 0 amide bonds. The summed E-state index contributed by atoms with van der Waals surface area (Å²) in [5.41, 5.74) is 0. The van der Waals surface area contributed by atoms with Crippen LogP contribution < -0.4 is 10.2 Å². The molecule has 4 nitrogen and oxygen atoms in total. The molecule has 0 spiro atoms. The molecule has 0 aliphatic carbocycles. The summed E-state index contributed by atoms with van der Waals surface area (Å²) in [5, 5.41) is 4.47. The summed E-state index contributed by atoms with van der Waals surface area (Å²) in [5.74, 6) is 1.07. The molecule has 5 heteroatoms. The van der Waals surface area contributed by atoms with Crippen LogP contribution in [-0.2, 0) is 0 Å². The van der Waals surface area contributed by atoms with Crippen molar-refractivity contribution in [1.82, 2.24) is 15.3 Å². The van der Waals surface area contributed by atoms with E-state index in [9.17, 15) is 0 Å². The second-order valence-corrected chi connectivity index (χ2v) is 5.04. The molecule has 1 unspecified atom stereocenters. The number of anilines is 1. The summed E-state index contributed by atoms with van der Waals surface area (Å²) >= 11 is 1.67. The van der Waals surface area contributed by atoms with E-state index in [0.717, 1.165) is 30.5 Å². The zero-order chi connectivity index (χ0) is 12.1. The van der Waals surface area contributed by atoms with Gasteiger partial charge < -0.3 is 10.2 Å². The van der Waals surface area contributed by atoms with E-state index >= 15 is 0 Å². The Morgan fingerprint density at radius 2 is 2.41 bits per heavy atom. The number of likely N-dealkylation sites (N-methyl/N-ethyl adjacent to an activating group) is 1. The van der Waals surface area contributed by atoms with Crippen LogP contribution >= 0.6 is 11.8 Å². The van der Waals surface area contributed by atoms with Gasteiger partial charge in [0.15, 0.2) is 0 Å². The normalized spacial score (nSPS) is 19.9. The zero-order valence-electron chi connectivity index (χ0n) is 10.5. The van der Waals surface area contributed by atoms with Crippen molar-refractivity contribution in [2.24, 2.45) is 0 Å². The van der Waals surface area contributed by atoms with Crippen molar-refractivity contribution in [3.63, 3.8) is 0 Å². The maximum atomic E-state index is 4.40. The Morgan fingerprint density at radius 1 is 1.53 bits per heavy atom. The van der Waals surface area contributed by atoms with E-state index in [-0.39, 0.29) is 0 Å². The van der Waals surface area contributed by atoms with Crippen LogP contribution in [0, 0.1) is 0 Å². The van der Waals surface area contributed by atoms with Crippen LogP contribution in [0.3, 0.4) is 0 Å². The second kappa shape index (κ2) is 6.21. The first-order chi connectivity index (χ1) is 8.35. The van der Waals surface area contributed by atoms with Gasteiger partial charge in [0, 0.05) is 25.2 Å². The average molecular weight is 252 g/mol.